The number of rotatable bonds is 6. The first-order valence-electron chi connectivity index (χ1n) is 6.73. The molecule has 21 heavy (non-hydrogen) atoms. The van der Waals surface area contributed by atoms with Crippen molar-refractivity contribution in [2.75, 3.05) is 5.01 Å². The molecule has 1 aromatic rings. The van der Waals surface area contributed by atoms with Gasteiger partial charge in [0, 0.05) is 17.7 Å². The fourth-order valence-corrected chi connectivity index (χ4v) is 2.35. The zero-order valence-corrected chi connectivity index (χ0v) is 12.6. The monoisotopic (exact) mass is 296 g/mol. The average molecular weight is 296 g/mol. The van der Waals surface area contributed by atoms with Crippen LogP contribution in [0.25, 0.3) is 0 Å². The zero-order chi connectivity index (χ0) is 16.3. The lowest BCUT2D eigenvalue weighted by molar-refractivity contribution is -0.393. The molecule has 0 aromatic heterocycles. The maximum Gasteiger partial charge on any atom is 0.304 e. The van der Waals surface area contributed by atoms with E-state index in [0.717, 1.165) is 0 Å². The van der Waals surface area contributed by atoms with Crippen LogP contribution in [-0.2, 0) is 0 Å². The molecule has 0 heterocycles. The number of aryl methyl sites for hydroxylation is 1. The molecular weight excluding hydrogens is 276 g/mol. The molecule has 1 rings (SSSR count). The van der Waals surface area contributed by atoms with E-state index in [0.29, 0.717) is 24.0 Å². The molecule has 1 aromatic carbocycles. The summed E-state index contributed by atoms with van der Waals surface area (Å²) in [5.41, 5.74) is 0.134. The molecule has 0 aliphatic carbocycles. The third-order valence-corrected chi connectivity index (χ3v) is 3.74. The Morgan fingerprint density at radius 2 is 1.71 bits per heavy atom. The van der Waals surface area contributed by atoms with Crippen LogP contribution in [0.2, 0.25) is 0 Å². The Bertz CT molecular complexity index is 570. The standard InChI is InChI=1S/C13H20N4O4/c1-5-10(6-2)15(14)13-11(16(18)19)7-8(3)9(4)12(13)17(20)21/h7,10H,5-6,14H2,1-4H3. The number of hydrazine groups is 1. The Morgan fingerprint density at radius 3 is 2.10 bits per heavy atom. The van der Waals surface area contributed by atoms with Gasteiger partial charge in [0.2, 0.25) is 5.69 Å². The molecule has 0 spiro atoms. The highest BCUT2D eigenvalue weighted by Gasteiger charge is 2.34. The van der Waals surface area contributed by atoms with Gasteiger partial charge in [-0.25, -0.2) is 5.84 Å². The highest BCUT2D eigenvalue weighted by Crippen LogP contribution is 2.41. The fraction of sp³-hybridized carbons (Fsp3) is 0.538. The number of nitrogens with zero attached hydrogens (tertiary/aromatic N) is 3. The van der Waals surface area contributed by atoms with E-state index in [4.69, 9.17) is 5.84 Å². The Morgan fingerprint density at radius 1 is 1.19 bits per heavy atom. The summed E-state index contributed by atoms with van der Waals surface area (Å²) in [5.74, 6) is 5.98. The number of nitro benzene ring substituents is 2. The van der Waals surface area contributed by atoms with Crippen molar-refractivity contribution in [3.8, 4) is 0 Å². The number of hydrogen-bond acceptors (Lipinski definition) is 6. The third-order valence-electron chi connectivity index (χ3n) is 3.74. The second-order valence-corrected chi connectivity index (χ2v) is 4.93. The topological polar surface area (TPSA) is 116 Å². The second-order valence-electron chi connectivity index (χ2n) is 4.93. The number of nitro groups is 2. The third kappa shape index (κ3) is 3.10. The summed E-state index contributed by atoms with van der Waals surface area (Å²) >= 11 is 0. The smallest absolute Gasteiger partial charge is 0.296 e. The summed E-state index contributed by atoms with van der Waals surface area (Å²) in [6.07, 6.45) is 1.27. The maximum absolute atomic E-state index is 11.4. The number of anilines is 1. The molecule has 116 valence electrons. The normalized spacial score (nSPS) is 10.8. The average Bonchev–Trinajstić information content (AvgIpc) is 2.41. The van der Waals surface area contributed by atoms with Crippen LogP contribution in [0.4, 0.5) is 17.1 Å². The minimum Gasteiger partial charge on any atom is -0.296 e. The molecule has 0 unspecified atom stereocenters. The van der Waals surface area contributed by atoms with Gasteiger partial charge in [0.05, 0.1) is 9.85 Å². The lowest BCUT2D eigenvalue weighted by Crippen LogP contribution is -2.41. The highest BCUT2D eigenvalue weighted by molar-refractivity contribution is 5.78. The van der Waals surface area contributed by atoms with Gasteiger partial charge in [0.15, 0.2) is 0 Å². The van der Waals surface area contributed by atoms with Crippen molar-refractivity contribution in [2.24, 2.45) is 5.84 Å². The predicted octanol–water partition coefficient (Wildman–Crippen LogP) is 2.99. The van der Waals surface area contributed by atoms with Gasteiger partial charge in [0.1, 0.15) is 0 Å². The Labute approximate surface area is 122 Å². The van der Waals surface area contributed by atoms with Crippen molar-refractivity contribution in [3.63, 3.8) is 0 Å². The van der Waals surface area contributed by atoms with Crippen molar-refractivity contribution in [2.45, 2.75) is 46.6 Å². The Kier molecular flexibility index (Phi) is 5.20. The Hall–Kier alpha value is -2.22. The summed E-state index contributed by atoms with van der Waals surface area (Å²) in [7, 11) is 0. The van der Waals surface area contributed by atoms with E-state index in [-0.39, 0.29) is 23.1 Å². The number of hydrogen-bond donors (Lipinski definition) is 1. The summed E-state index contributed by atoms with van der Waals surface area (Å²) in [5, 5.41) is 23.8. The van der Waals surface area contributed by atoms with Crippen LogP contribution in [-0.4, -0.2) is 15.9 Å². The minimum atomic E-state index is -0.628. The van der Waals surface area contributed by atoms with E-state index in [1.165, 1.54) is 11.1 Å². The molecule has 0 saturated carbocycles. The summed E-state index contributed by atoms with van der Waals surface area (Å²) < 4.78 is 0. The maximum atomic E-state index is 11.4. The number of benzene rings is 1. The molecule has 0 fully saturated rings. The van der Waals surface area contributed by atoms with Gasteiger partial charge in [-0.15, -0.1) is 0 Å². The van der Waals surface area contributed by atoms with Crippen molar-refractivity contribution >= 4 is 17.1 Å². The summed E-state index contributed by atoms with van der Waals surface area (Å²) in [6, 6.07) is 1.13. The predicted molar refractivity (Wildman–Crippen MR) is 80.3 cm³/mol. The van der Waals surface area contributed by atoms with E-state index < -0.39 is 9.85 Å². The molecule has 0 amide bonds. The number of nitrogens with two attached hydrogens (primary N) is 1. The van der Waals surface area contributed by atoms with E-state index in [1.54, 1.807) is 13.8 Å². The van der Waals surface area contributed by atoms with Crippen LogP contribution in [0.3, 0.4) is 0 Å². The second kappa shape index (κ2) is 6.49. The van der Waals surface area contributed by atoms with Gasteiger partial charge in [-0.1, -0.05) is 13.8 Å². The molecule has 0 atom stereocenters. The van der Waals surface area contributed by atoms with Crippen molar-refractivity contribution < 1.29 is 9.85 Å². The van der Waals surface area contributed by atoms with Gasteiger partial charge < -0.3 is 0 Å². The van der Waals surface area contributed by atoms with E-state index >= 15 is 0 Å². The molecule has 0 bridgehead atoms. The lowest BCUT2D eigenvalue weighted by Gasteiger charge is -2.27. The quantitative estimate of drug-likeness (QED) is 0.490. The largest absolute Gasteiger partial charge is 0.304 e. The van der Waals surface area contributed by atoms with Crippen molar-refractivity contribution in [3.05, 3.63) is 37.4 Å². The molecule has 0 saturated heterocycles. The van der Waals surface area contributed by atoms with Crippen molar-refractivity contribution in [1.82, 2.24) is 0 Å². The SMILES string of the molecule is CCC(CC)N(N)c1c([N+](=O)[O-])cc(C)c(C)c1[N+](=O)[O-]. The van der Waals surface area contributed by atoms with Crippen LogP contribution in [0.15, 0.2) is 6.07 Å². The molecule has 8 nitrogen and oxygen atoms in total. The van der Waals surface area contributed by atoms with Gasteiger partial charge in [-0.3, -0.25) is 25.2 Å². The van der Waals surface area contributed by atoms with Gasteiger partial charge in [-0.2, -0.15) is 0 Å². The molecule has 2 N–H and O–H groups in total. The van der Waals surface area contributed by atoms with Crippen LogP contribution < -0.4 is 10.9 Å². The lowest BCUT2D eigenvalue weighted by atomic mass is 10.0. The zero-order valence-electron chi connectivity index (χ0n) is 12.6. The van der Waals surface area contributed by atoms with Crippen LogP contribution in [0, 0.1) is 34.1 Å². The van der Waals surface area contributed by atoms with Gasteiger partial charge in [0.25, 0.3) is 0 Å². The fourth-order valence-electron chi connectivity index (χ4n) is 2.35. The molecule has 8 heteroatoms. The van der Waals surface area contributed by atoms with E-state index in [1.807, 2.05) is 13.8 Å². The van der Waals surface area contributed by atoms with Gasteiger partial charge in [-0.05, 0) is 32.3 Å². The first kappa shape index (κ1) is 16.8. The minimum absolute atomic E-state index is 0.123. The molecule has 0 radical (unpaired) electrons. The first-order valence-corrected chi connectivity index (χ1v) is 6.73. The van der Waals surface area contributed by atoms with Crippen LogP contribution >= 0.6 is 0 Å². The summed E-state index contributed by atoms with van der Waals surface area (Å²) in [6.45, 7) is 6.94. The summed E-state index contributed by atoms with van der Waals surface area (Å²) in [4.78, 5) is 21.4. The first-order chi connectivity index (χ1) is 9.76. The van der Waals surface area contributed by atoms with Crippen molar-refractivity contribution in [1.29, 1.82) is 0 Å². The molecule has 0 aliphatic heterocycles. The molecule has 0 aliphatic rings. The molecular formula is C13H20N4O4. The van der Waals surface area contributed by atoms with E-state index in [9.17, 15) is 20.2 Å². The Balaban J connectivity index is 3.70. The van der Waals surface area contributed by atoms with Crippen LogP contribution in [0.5, 0.6) is 0 Å². The van der Waals surface area contributed by atoms with Crippen LogP contribution in [0.1, 0.15) is 37.8 Å². The highest BCUT2D eigenvalue weighted by atomic mass is 16.6. The van der Waals surface area contributed by atoms with Gasteiger partial charge >= 0.3 is 11.4 Å². The van der Waals surface area contributed by atoms with E-state index in [2.05, 4.69) is 0 Å².